The van der Waals surface area contributed by atoms with Gasteiger partial charge in [-0.25, -0.2) is 0 Å². The van der Waals surface area contributed by atoms with Crippen molar-refractivity contribution in [2.45, 2.75) is 31.2 Å². The fourth-order valence-corrected chi connectivity index (χ4v) is 4.92. The number of fused-ring (bicyclic) bond motifs is 1. The molecule has 1 aromatic carbocycles. The minimum Gasteiger partial charge on any atom is -0.341 e. The van der Waals surface area contributed by atoms with Crippen molar-refractivity contribution in [1.29, 1.82) is 0 Å². The minimum atomic E-state index is -4.01. The number of anilines is 1. The summed E-state index contributed by atoms with van der Waals surface area (Å²) in [4.78, 5) is 32.2. The summed E-state index contributed by atoms with van der Waals surface area (Å²) in [5.41, 5.74) is 0.957. The number of benzene rings is 1. The molecular weight excluding hydrogens is 404 g/mol. The van der Waals surface area contributed by atoms with Crippen molar-refractivity contribution >= 4 is 33.2 Å². The van der Waals surface area contributed by atoms with Crippen molar-refractivity contribution in [3.8, 4) is 0 Å². The van der Waals surface area contributed by atoms with Crippen LogP contribution in [0.2, 0.25) is 0 Å². The molecule has 0 saturated carbocycles. The zero-order chi connectivity index (χ0) is 21.5. The highest BCUT2D eigenvalue weighted by atomic mass is 32.2. The van der Waals surface area contributed by atoms with Gasteiger partial charge >= 0.3 is 0 Å². The number of nitrogens with one attached hydrogen (secondary N) is 1. The Hall–Kier alpha value is -3.07. The molecule has 1 aromatic heterocycles. The lowest BCUT2D eigenvalue weighted by Crippen LogP contribution is -2.37. The van der Waals surface area contributed by atoms with Crippen molar-refractivity contribution in [1.82, 2.24) is 9.88 Å². The summed E-state index contributed by atoms with van der Waals surface area (Å²) in [5.74, 6) is -1.94. The quantitative estimate of drug-likeness (QED) is 0.736. The number of rotatable bonds is 5. The van der Waals surface area contributed by atoms with E-state index in [1.165, 1.54) is 11.0 Å². The highest BCUT2D eigenvalue weighted by molar-refractivity contribution is 7.90. The van der Waals surface area contributed by atoms with Crippen LogP contribution >= 0.6 is 0 Å². The predicted octanol–water partition coefficient (Wildman–Crippen LogP) is 2.41. The van der Waals surface area contributed by atoms with Crippen molar-refractivity contribution in [3.05, 3.63) is 54.4 Å². The average Bonchev–Trinajstić information content (AvgIpc) is 2.96. The van der Waals surface area contributed by atoms with Crippen LogP contribution in [-0.4, -0.2) is 42.4 Å². The van der Waals surface area contributed by atoms with Crippen LogP contribution in [0.4, 0.5) is 5.69 Å². The first-order chi connectivity index (χ1) is 14.3. The Morgan fingerprint density at radius 3 is 2.50 bits per heavy atom. The molecule has 1 fully saturated rings. The fourth-order valence-electron chi connectivity index (χ4n) is 3.76. The maximum atomic E-state index is 13.4. The van der Waals surface area contributed by atoms with Gasteiger partial charge in [0.25, 0.3) is 10.0 Å². The molecule has 2 aliphatic rings. The third-order valence-corrected chi connectivity index (χ3v) is 6.63. The lowest BCUT2D eigenvalue weighted by molar-refractivity contribution is -0.130. The number of amides is 1. The smallest absolute Gasteiger partial charge is 0.286 e. The van der Waals surface area contributed by atoms with E-state index in [0.717, 1.165) is 0 Å². The summed E-state index contributed by atoms with van der Waals surface area (Å²) in [7, 11) is -4.01. The van der Waals surface area contributed by atoms with Crippen LogP contribution in [0.25, 0.3) is 0 Å². The number of hydrogen-bond donors (Lipinski definition) is 1. The van der Waals surface area contributed by atoms with Crippen LogP contribution in [0.3, 0.4) is 0 Å². The third-order valence-electron chi connectivity index (χ3n) is 5.28. The number of hydrogen-bond acceptors (Lipinski definition) is 6. The monoisotopic (exact) mass is 426 g/mol. The summed E-state index contributed by atoms with van der Waals surface area (Å²) in [6.45, 7) is 4.47. The summed E-state index contributed by atoms with van der Waals surface area (Å²) < 4.78 is 29.1. The number of amidine groups is 1. The Balaban J connectivity index is 1.75. The minimum absolute atomic E-state index is 0.0222. The molecule has 2 aromatic rings. The second-order valence-electron chi connectivity index (χ2n) is 7.81. The van der Waals surface area contributed by atoms with Crippen LogP contribution in [0.15, 0.2) is 58.1 Å². The molecule has 0 aliphatic carbocycles. The van der Waals surface area contributed by atoms with Crippen LogP contribution < -0.4 is 5.32 Å². The normalized spacial score (nSPS) is 22.6. The van der Waals surface area contributed by atoms with E-state index in [4.69, 9.17) is 0 Å². The fraction of sp³-hybridized carbons (Fsp3) is 0.333. The van der Waals surface area contributed by atoms with Crippen LogP contribution in [0.5, 0.6) is 0 Å². The van der Waals surface area contributed by atoms with Gasteiger partial charge < -0.3 is 10.2 Å². The van der Waals surface area contributed by atoms with E-state index in [0.29, 0.717) is 30.1 Å². The van der Waals surface area contributed by atoms with E-state index in [9.17, 15) is 18.0 Å². The topological polar surface area (TPSA) is 109 Å². The second kappa shape index (κ2) is 7.64. The number of pyridine rings is 1. The van der Waals surface area contributed by atoms with E-state index in [-0.39, 0.29) is 10.7 Å². The number of ketones is 1. The van der Waals surface area contributed by atoms with E-state index in [1.54, 1.807) is 42.7 Å². The molecule has 1 amide bonds. The first-order valence-corrected chi connectivity index (χ1v) is 11.2. The predicted molar refractivity (Wildman–Crippen MR) is 111 cm³/mol. The molecule has 0 bridgehead atoms. The first kappa shape index (κ1) is 20.2. The lowest BCUT2D eigenvalue weighted by Gasteiger charge is -2.24. The van der Waals surface area contributed by atoms with E-state index >= 15 is 0 Å². The number of sulfonamides is 1. The number of carbonyl (C=O) groups is 2. The van der Waals surface area contributed by atoms with Crippen LogP contribution in [0.1, 0.15) is 31.9 Å². The van der Waals surface area contributed by atoms with Gasteiger partial charge in [0.15, 0.2) is 11.7 Å². The molecule has 2 atom stereocenters. The maximum absolute atomic E-state index is 13.4. The number of para-hydroxylation sites is 1. The Kier molecular flexibility index (Phi) is 5.15. The van der Waals surface area contributed by atoms with Gasteiger partial charge in [0.1, 0.15) is 16.8 Å². The summed E-state index contributed by atoms with van der Waals surface area (Å²) in [6.07, 6.45) is 3.85. The summed E-state index contributed by atoms with van der Waals surface area (Å²) in [5, 5.41) is 2.90. The molecule has 1 N–H and O–H groups in total. The van der Waals surface area contributed by atoms with Crippen molar-refractivity contribution in [2.24, 2.45) is 16.2 Å². The largest absolute Gasteiger partial charge is 0.341 e. The van der Waals surface area contributed by atoms with Gasteiger partial charge in [-0.1, -0.05) is 26.0 Å². The number of Topliss-reactive ketones (excluding diaryl/α,β-unsaturated/α-hetero) is 1. The molecule has 0 spiro atoms. The van der Waals surface area contributed by atoms with Gasteiger partial charge in [0.2, 0.25) is 5.91 Å². The Morgan fingerprint density at radius 2 is 1.80 bits per heavy atom. The van der Waals surface area contributed by atoms with Gasteiger partial charge in [0.05, 0.1) is 5.69 Å². The zero-order valence-electron chi connectivity index (χ0n) is 16.6. The van der Waals surface area contributed by atoms with Gasteiger partial charge in [-0.3, -0.25) is 14.6 Å². The number of likely N-dealkylation sites (tertiary alicyclic amines) is 1. The molecule has 30 heavy (non-hydrogen) atoms. The van der Waals surface area contributed by atoms with Crippen molar-refractivity contribution < 1.29 is 18.0 Å². The molecule has 4 rings (SSSR count). The van der Waals surface area contributed by atoms with E-state index < -0.39 is 33.7 Å². The van der Waals surface area contributed by atoms with Crippen molar-refractivity contribution in [2.75, 3.05) is 11.9 Å². The molecule has 8 nitrogen and oxygen atoms in total. The Bertz CT molecular complexity index is 1130. The van der Waals surface area contributed by atoms with Gasteiger partial charge in [-0.15, -0.1) is 4.40 Å². The van der Waals surface area contributed by atoms with E-state index in [2.05, 4.69) is 14.7 Å². The maximum Gasteiger partial charge on any atom is 0.286 e. The molecule has 0 radical (unpaired) electrons. The third kappa shape index (κ3) is 3.49. The summed E-state index contributed by atoms with van der Waals surface area (Å²) in [6, 6.07) is 8.89. The molecule has 2 aliphatic heterocycles. The lowest BCUT2D eigenvalue weighted by atomic mass is 9.97. The van der Waals surface area contributed by atoms with E-state index in [1.807, 2.05) is 13.8 Å². The standard InChI is InChI=1S/C21H22N4O4S/c1-13(2)9-12-25-18(14-7-10-22-11-8-14)19(26)17(21(25)27)20-23-15-5-3-4-6-16(15)30(28,29)24-20/h3-8,10-11,13,17-18H,9,12H2,1-2H3,(H,23,24). The molecular formula is C21H22N4O4S. The summed E-state index contributed by atoms with van der Waals surface area (Å²) >= 11 is 0. The Labute approximate surface area is 175 Å². The number of nitrogens with zero attached hydrogens (tertiary/aromatic N) is 3. The van der Waals surface area contributed by atoms with Gasteiger partial charge in [-0.05, 0) is 42.2 Å². The average molecular weight is 426 g/mol. The second-order valence-corrected chi connectivity index (χ2v) is 9.38. The number of aromatic nitrogens is 1. The number of carbonyl (C=O) groups excluding carboxylic acids is 2. The SMILES string of the molecule is CC(C)CCN1C(=O)C(C2=NS(=O)(=O)c3ccccc3N2)C(=O)C1c1ccncc1. The van der Waals surface area contributed by atoms with Gasteiger partial charge in [0, 0.05) is 18.9 Å². The molecule has 156 valence electrons. The van der Waals surface area contributed by atoms with Gasteiger partial charge in [-0.2, -0.15) is 8.42 Å². The van der Waals surface area contributed by atoms with Crippen molar-refractivity contribution in [3.63, 3.8) is 0 Å². The van der Waals surface area contributed by atoms with Crippen LogP contribution in [-0.2, 0) is 19.6 Å². The molecule has 3 heterocycles. The highest BCUT2D eigenvalue weighted by Gasteiger charge is 2.51. The Morgan fingerprint density at radius 1 is 1.10 bits per heavy atom. The molecule has 2 unspecified atom stereocenters. The first-order valence-electron chi connectivity index (χ1n) is 9.74. The highest BCUT2D eigenvalue weighted by Crippen LogP contribution is 2.37. The van der Waals surface area contributed by atoms with Crippen LogP contribution in [0, 0.1) is 11.8 Å². The zero-order valence-corrected chi connectivity index (χ0v) is 17.5. The molecule has 9 heteroatoms. The molecule has 1 saturated heterocycles.